The molecule has 104 valence electrons. The van der Waals surface area contributed by atoms with Crippen LogP contribution in [0, 0.1) is 0 Å². The zero-order chi connectivity index (χ0) is 14.3. The Labute approximate surface area is 113 Å². The lowest BCUT2D eigenvalue weighted by atomic mass is 10.0. The molecule has 19 heavy (non-hydrogen) atoms. The number of hydrogen-bond donors (Lipinski definition) is 2. The second kappa shape index (κ2) is 7.53. The second-order valence-corrected chi connectivity index (χ2v) is 4.43. The van der Waals surface area contributed by atoms with Crippen LogP contribution in [0.1, 0.15) is 31.4 Å². The second-order valence-electron chi connectivity index (χ2n) is 4.43. The van der Waals surface area contributed by atoms with E-state index in [1.807, 2.05) is 37.3 Å². The van der Waals surface area contributed by atoms with Gasteiger partial charge < -0.3 is 15.7 Å². The molecule has 0 bridgehead atoms. The number of benzene rings is 1. The highest BCUT2D eigenvalue weighted by molar-refractivity contribution is 5.81. The maximum Gasteiger partial charge on any atom is 0.323 e. The van der Waals surface area contributed by atoms with Gasteiger partial charge in [0.15, 0.2) is 0 Å². The van der Waals surface area contributed by atoms with E-state index in [1.165, 1.54) is 4.90 Å². The molecule has 0 saturated heterocycles. The molecule has 0 aliphatic carbocycles. The Bertz CT molecular complexity index is 420. The molecule has 1 aromatic rings. The lowest BCUT2D eigenvalue weighted by Crippen LogP contribution is -2.37. The van der Waals surface area contributed by atoms with Crippen LogP contribution < -0.4 is 5.73 Å². The molecule has 5 nitrogen and oxygen atoms in total. The van der Waals surface area contributed by atoms with Crippen molar-refractivity contribution in [2.24, 2.45) is 5.73 Å². The smallest absolute Gasteiger partial charge is 0.323 e. The van der Waals surface area contributed by atoms with Gasteiger partial charge in [0, 0.05) is 19.0 Å². The van der Waals surface area contributed by atoms with Gasteiger partial charge in [-0.3, -0.25) is 9.59 Å². The van der Waals surface area contributed by atoms with Gasteiger partial charge in [0.05, 0.1) is 0 Å². The predicted octanol–water partition coefficient (Wildman–Crippen LogP) is 1.40. The normalized spacial score (nSPS) is 11.9. The Hall–Kier alpha value is -1.88. The van der Waals surface area contributed by atoms with Crippen molar-refractivity contribution in [1.82, 2.24) is 4.90 Å². The summed E-state index contributed by atoms with van der Waals surface area (Å²) >= 11 is 0. The topological polar surface area (TPSA) is 83.6 Å². The molecular weight excluding hydrogens is 244 g/mol. The molecule has 0 aliphatic heterocycles. The number of amides is 1. The van der Waals surface area contributed by atoms with Crippen molar-refractivity contribution in [3.63, 3.8) is 0 Å². The highest BCUT2D eigenvalue weighted by Crippen LogP contribution is 2.14. The SMILES string of the molecule is CCCN(CC(=O)O)C(=O)CC(N)c1ccccc1. The van der Waals surface area contributed by atoms with Crippen LogP contribution in [0.3, 0.4) is 0 Å². The van der Waals surface area contributed by atoms with E-state index in [9.17, 15) is 9.59 Å². The van der Waals surface area contributed by atoms with Crippen molar-refractivity contribution < 1.29 is 14.7 Å². The number of rotatable bonds is 7. The zero-order valence-corrected chi connectivity index (χ0v) is 11.1. The molecule has 0 heterocycles. The quantitative estimate of drug-likeness (QED) is 0.779. The third-order valence-electron chi connectivity index (χ3n) is 2.79. The van der Waals surface area contributed by atoms with Crippen LogP contribution in [0.2, 0.25) is 0 Å². The van der Waals surface area contributed by atoms with Gasteiger partial charge in [0.25, 0.3) is 0 Å². The lowest BCUT2D eigenvalue weighted by Gasteiger charge is -2.22. The molecule has 0 radical (unpaired) electrons. The van der Waals surface area contributed by atoms with E-state index in [-0.39, 0.29) is 18.9 Å². The van der Waals surface area contributed by atoms with Crippen LogP contribution in [0.5, 0.6) is 0 Å². The van der Waals surface area contributed by atoms with E-state index in [2.05, 4.69) is 0 Å². The summed E-state index contributed by atoms with van der Waals surface area (Å²) in [6.45, 7) is 2.07. The third-order valence-corrected chi connectivity index (χ3v) is 2.79. The Morgan fingerprint density at radius 1 is 1.32 bits per heavy atom. The highest BCUT2D eigenvalue weighted by Gasteiger charge is 2.19. The van der Waals surface area contributed by atoms with Crippen molar-refractivity contribution in [3.05, 3.63) is 35.9 Å². The summed E-state index contributed by atoms with van der Waals surface area (Å²) in [5.74, 6) is -1.23. The number of carbonyl (C=O) groups excluding carboxylic acids is 1. The van der Waals surface area contributed by atoms with E-state index in [4.69, 9.17) is 10.8 Å². The van der Waals surface area contributed by atoms with Gasteiger partial charge in [0.2, 0.25) is 5.91 Å². The van der Waals surface area contributed by atoms with Crippen molar-refractivity contribution in [1.29, 1.82) is 0 Å². The van der Waals surface area contributed by atoms with Crippen molar-refractivity contribution >= 4 is 11.9 Å². The van der Waals surface area contributed by atoms with E-state index < -0.39 is 12.0 Å². The summed E-state index contributed by atoms with van der Waals surface area (Å²) in [6.07, 6.45) is 0.844. The summed E-state index contributed by atoms with van der Waals surface area (Å²) in [6, 6.07) is 8.92. The molecule has 1 aromatic carbocycles. The molecule has 1 unspecified atom stereocenters. The van der Waals surface area contributed by atoms with Crippen molar-refractivity contribution in [2.45, 2.75) is 25.8 Å². The van der Waals surface area contributed by atoms with Crippen LogP contribution in [-0.4, -0.2) is 35.0 Å². The van der Waals surface area contributed by atoms with Gasteiger partial charge in [-0.05, 0) is 12.0 Å². The molecule has 0 spiro atoms. The number of hydrogen-bond acceptors (Lipinski definition) is 3. The zero-order valence-electron chi connectivity index (χ0n) is 11.1. The van der Waals surface area contributed by atoms with Crippen LogP contribution in [-0.2, 0) is 9.59 Å². The first kappa shape index (κ1) is 15.2. The average molecular weight is 264 g/mol. The minimum Gasteiger partial charge on any atom is -0.480 e. The van der Waals surface area contributed by atoms with Gasteiger partial charge in [-0.2, -0.15) is 0 Å². The molecule has 5 heteroatoms. The van der Waals surface area contributed by atoms with Crippen molar-refractivity contribution in [3.8, 4) is 0 Å². The molecule has 1 atom stereocenters. The van der Waals surface area contributed by atoms with Crippen LogP contribution in [0.4, 0.5) is 0 Å². The molecule has 0 saturated carbocycles. The van der Waals surface area contributed by atoms with E-state index in [0.29, 0.717) is 6.54 Å². The van der Waals surface area contributed by atoms with E-state index in [0.717, 1.165) is 12.0 Å². The standard InChI is InChI=1S/C14H20N2O3/c1-2-8-16(10-14(18)19)13(17)9-12(15)11-6-4-3-5-7-11/h3-7,12H,2,8-10,15H2,1H3,(H,18,19). The molecule has 3 N–H and O–H groups in total. The first-order valence-corrected chi connectivity index (χ1v) is 6.34. The number of aliphatic carboxylic acids is 1. The number of nitrogens with zero attached hydrogens (tertiary/aromatic N) is 1. The largest absolute Gasteiger partial charge is 0.480 e. The summed E-state index contributed by atoms with van der Waals surface area (Å²) in [5, 5.41) is 8.79. The monoisotopic (exact) mass is 264 g/mol. The number of carbonyl (C=O) groups is 2. The molecule has 1 rings (SSSR count). The van der Waals surface area contributed by atoms with Gasteiger partial charge >= 0.3 is 5.97 Å². The first-order valence-electron chi connectivity index (χ1n) is 6.34. The fraction of sp³-hybridized carbons (Fsp3) is 0.429. The van der Waals surface area contributed by atoms with Crippen molar-refractivity contribution in [2.75, 3.05) is 13.1 Å². The first-order chi connectivity index (χ1) is 9.04. The molecular formula is C14H20N2O3. The maximum atomic E-state index is 12.0. The summed E-state index contributed by atoms with van der Waals surface area (Å²) in [4.78, 5) is 24.1. The van der Waals surface area contributed by atoms with Gasteiger partial charge in [-0.25, -0.2) is 0 Å². The molecule has 0 fully saturated rings. The maximum absolute atomic E-state index is 12.0. The van der Waals surface area contributed by atoms with Gasteiger partial charge in [-0.15, -0.1) is 0 Å². The summed E-state index contributed by atoms with van der Waals surface area (Å²) in [5.41, 5.74) is 6.84. The van der Waals surface area contributed by atoms with Crippen LogP contribution in [0.25, 0.3) is 0 Å². The minimum atomic E-state index is -1.00. The fourth-order valence-corrected chi connectivity index (χ4v) is 1.86. The number of carboxylic acid groups (broad SMARTS) is 1. The fourth-order valence-electron chi connectivity index (χ4n) is 1.86. The minimum absolute atomic E-state index is 0.122. The molecule has 0 aliphatic rings. The summed E-state index contributed by atoms with van der Waals surface area (Å²) in [7, 11) is 0. The Kier molecular flexibility index (Phi) is 6.02. The van der Waals surface area contributed by atoms with Gasteiger partial charge in [-0.1, -0.05) is 37.3 Å². The van der Waals surface area contributed by atoms with E-state index in [1.54, 1.807) is 0 Å². The number of nitrogens with two attached hydrogens (primary N) is 1. The Morgan fingerprint density at radius 3 is 2.47 bits per heavy atom. The third kappa shape index (κ3) is 5.09. The van der Waals surface area contributed by atoms with Crippen LogP contribution >= 0.6 is 0 Å². The molecule has 1 amide bonds. The lowest BCUT2D eigenvalue weighted by molar-refractivity contribution is -0.144. The van der Waals surface area contributed by atoms with E-state index >= 15 is 0 Å². The highest BCUT2D eigenvalue weighted by atomic mass is 16.4. The van der Waals surface area contributed by atoms with Crippen LogP contribution in [0.15, 0.2) is 30.3 Å². The predicted molar refractivity (Wildman–Crippen MR) is 72.5 cm³/mol. The Morgan fingerprint density at radius 2 is 1.95 bits per heavy atom. The number of carboxylic acids is 1. The molecule has 0 aromatic heterocycles. The average Bonchev–Trinajstić information content (AvgIpc) is 2.38. The Balaban J connectivity index is 2.63. The van der Waals surface area contributed by atoms with Gasteiger partial charge in [0.1, 0.15) is 6.54 Å². The summed E-state index contributed by atoms with van der Waals surface area (Å²) < 4.78 is 0.